The SMILES string of the molecule is CCCN1C(CCC(=O)O)C(=O)NCCC1(C)C. The molecule has 0 aliphatic carbocycles. The van der Waals surface area contributed by atoms with Gasteiger partial charge >= 0.3 is 5.97 Å². The Bertz CT molecular complexity index is 315. The summed E-state index contributed by atoms with van der Waals surface area (Å²) < 4.78 is 0. The predicted octanol–water partition coefficient (Wildman–Crippen LogP) is 1.23. The molecule has 104 valence electrons. The van der Waals surface area contributed by atoms with Crippen LogP contribution < -0.4 is 5.32 Å². The number of carboxylic acids is 1. The van der Waals surface area contributed by atoms with Gasteiger partial charge in [-0.3, -0.25) is 14.5 Å². The largest absolute Gasteiger partial charge is 0.481 e. The van der Waals surface area contributed by atoms with Gasteiger partial charge in [0.2, 0.25) is 5.91 Å². The maximum Gasteiger partial charge on any atom is 0.303 e. The van der Waals surface area contributed by atoms with Crippen molar-refractivity contribution in [3.63, 3.8) is 0 Å². The summed E-state index contributed by atoms with van der Waals surface area (Å²) >= 11 is 0. The van der Waals surface area contributed by atoms with Crippen molar-refractivity contribution in [2.75, 3.05) is 13.1 Å². The quantitative estimate of drug-likeness (QED) is 0.776. The van der Waals surface area contributed by atoms with Crippen LogP contribution in [-0.4, -0.2) is 46.6 Å². The molecule has 0 bridgehead atoms. The lowest BCUT2D eigenvalue weighted by Gasteiger charge is -2.40. The summed E-state index contributed by atoms with van der Waals surface area (Å²) in [4.78, 5) is 24.9. The fourth-order valence-corrected chi connectivity index (χ4v) is 2.56. The Balaban J connectivity index is 2.87. The molecule has 1 saturated heterocycles. The van der Waals surface area contributed by atoms with Gasteiger partial charge in [-0.15, -0.1) is 0 Å². The van der Waals surface area contributed by atoms with Gasteiger partial charge in [-0.2, -0.15) is 0 Å². The van der Waals surface area contributed by atoms with Gasteiger partial charge in [-0.05, 0) is 39.7 Å². The lowest BCUT2D eigenvalue weighted by molar-refractivity contribution is -0.138. The molecule has 0 aromatic carbocycles. The van der Waals surface area contributed by atoms with E-state index in [0.29, 0.717) is 13.0 Å². The van der Waals surface area contributed by atoms with Gasteiger partial charge in [-0.25, -0.2) is 0 Å². The second-order valence-corrected chi connectivity index (χ2v) is 5.50. The van der Waals surface area contributed by atoms with Crippen molar-refractivity contribution < 1.29 is 14.7 Å². The number of nitrogens with one attached hydrogen (secondary N) is 1. The van der Waals surface area contributed by atoms with Crippen molar-refractivity contribution in [2.45, 2.75) is 58.0 Å². The monoisotopic (exact) mass is 256 g/mol. The summed E-state index contributed by atoms with van der Waals surface area (Å²) in [5.74, 6) is -0.878. The molecule has 1 atom stereocenters. The van der Waals surface area contributed by atoms with Gasteiger partial charge in [0.15, 0.2) is 0 Å². The molecular weight excluding hydrogens is 232 g/mol. The van der Waals surface area contributed by atoms with Crippen molar-refractivity contribution in [1.82, 2.24) is 10.2 Å². The molecule has 0 spiro atoms. The molecule has 0 aromatic rings. The van der Waals surface area contributed by atoms with Gasteiger partial charge in [0.05, 0.1) is 6.04 Å². The van der Waals surface area contributed by atoms with Crippen LogP contribution in [0, 0.1) is 0 Å². The summed E-state index contributed by atoms with van der Waals surface area (Å²) in [5, 5.41) is 11.7. The number of carbonyl (C=O) groups is 2. The van der Waals surface area contributed by atoms with Crippen LogP contribution in [0.25, 0.3) is 0 Å². The van der Waals surface area contributed by atoms with Crippen LogP contribution in [0.2, 0.25) is 0 Å². The van der Waals surface area contributed by atoms with Crippen molar-refractivity contribution >= 4 is 11.9 Å². The van der Waals surface area contributed by atoms with Crippen LogP contribution in [0.5, 0.6) is 0 Å². The highest BCUT2D eigenvalue weighted by molar-refractivity contribution is 5.82. The number of aliphatic carboxylic acids is 1. The van der Waals surface area contributed by atoms with E-state index in [2.05, 4.69) is 31.0 Å². The first kappa shape index (κ1) is 15.0. The van der Waals surface area contributed by atoms with E-state index in [4.69, 9.17) is 5.11 Å². The number of carboxylic acid groups (broad SMARTS) is 1. The molecule has 5 heteroatoms. The number of nitrogens with zero attached hydrogens (tertiary/aromatic N) is 1. The van der Waals surface area contributed by atoms with Gasteiger partial charge in [0.25, 0.3) is 0 Å². The Morgan fingerprint density at radius 1 is 1.56 bits per heavy atom. The molecule has 2 N–H and O–H groups in total. The van der Waals surface area contributed by atoms with Crippen molar-refractivity contribution in [3.05, 3.63) is 0 Å². The van der Waals surface area contributed by atoms with Crippen LogP contribution in [-0.2, 0) is 9.59 Å². The first-order valence-corrected chi connectivity index (χ1v) is 6.64. The Morgan fingerprint density at radius 2 is 2.22 bits per heavy atom. The lowest BCUT2D eigenvalue weighted by atomic mass is 9.95. The summed E-state index contributed by atoms with van der Waals surface area (Å²) in [5.41, 5.74) is -0.0711. The highest BCUT2D eigenvalue weighted by Gasteiger charge is 2.38. The maximum absolute atomic E-state index is 12.1. The molecule has 1 amide bonds. The summed E-state index contributed by atoms with van der Waals surface area (Å²) in [6.07, 6.45) is 2.27. The fraction of sp³-hybridized carbons (Fsp3) is 0.846. The molecule has 5 nitrogen and oxygen atoms in total. The Kier molecular flexibility index (Phi) is 5.14. The zero-order valence-corrected chi connectivity index (χ0v) is 11.5. The summed E-state index contributed by atoms with van der Waals surface area (Å²) in [6, 6.07) is -0.321. The van der Waals surface area contributed by atoms with Crippen LogP contribution >= 0.6 is 0 Å². The van der Waals surface area contributed by atoms with E-state index >= 15 is 0 Å². The first-order chi connectivity index (χ1) is 8.38. The molecule has 1 heterocycles. The lowest BCUT2D eigenvalue weighted by Crippen LogP contribution is -2.52. The summed E-state index contributed by atoms with van der Waals surface area (Å²) in [7, 11) is 0. The van der Waals surface area contributed by atoms with E-state index in [0.717, 1.165) is 19.4 Å². The van der Waals surface area contributed by atoms with Gasteiger partial charge < -0.3 is 10.4 Å². The minimum Gasteiger partial charge on any atom is -0.481 e. The number of amides is 1. The molecule has 0 aromatic heterocycles. The molecule has 1 fully saturated rings. The Morgan fingerprint density at radius 3 is 2.78 bits per heavy atom. The number of hydrogen-bond acceptors (Lipinski definition) is 3. The summed E-state index contributed by atoms with van der Waals surface area (Å²) in [6.45, 7) is 7.81. The van der Waals surface area contributed by atoms with Gasteiger partial charge in [0.1, 0.15) is 0 Å². The van der Waals surface area contributed by atoms with E-state index in [-0.39, 0.29) is 23.9 Å². The maximum atomic E-state index is 12.1. The fourth-order valence-electron chi connectivity index (χ4n) is 2.56. The average molecular weight is 256 g/mol. The topological polar surface area (TPSA) is 69.6 Å². The van der Waals surface area contributed by atoms with E-state index < -0.39 is 5.97 Å². The highest BCUT2D eigenvalue weighted by Crippen LogP contribution is 2.26. The second kappa shape index (κ2) is 6.18. The van der Waals surface area contributed by atoms with Crippen LogP contribution in [0.15, 0.2) is 0 Å². The molecular formula is C13H24N2O3. The van der Waals surface area contributed by atoms with Crippen molar-refractivity contribution in [1.29, 1.82) is 0 Å². The first-order valence-electron chi connectivity index (χ1n) is 6.64. The Labute approximate surface area is 109 Å². The third-order valence-corrected chi connectivity index (χ3v) is 3.59. The molecule has 1 unspecified atom stereocenters. The molecule has 18 heavy (non-hydrogen) atoms. The van der Waals surface area contributed by atoms with E-state index in [9.17, 15) is 9.59 Å². The molecule has 1 aliphatic heterocycles. The van der Waals surface area contributed by atoms with Crippen LogP contribution in [0.1, 0.15) is 46.5 Å². The molecule has 0 radical (unpaired) electrons. The van der Waals surface area contributed by atoms with Crippen molar-refractivity contribution in [3.8, 4) is 0 Å². The minimum absolute atomic E-state index is 0.0322. The minimum atomic E-state index is -0.846. The normalized spacial score (nSPS) is 24.4. The zero-order chi connectivity index (χ0) is 13.8. The van der Waals surface area contributed by atoms with Gasteiger partial charge in [-0.1, -0.05) is 6.92 Å². The Hall–Kier alpha value is -1.10. The third kappa shape index (κ3) is 3.70. The van der Waals surface area contributed by atoms with Crippen molar-refractivity contribution in [2.24, 2.45) is 0 Å². The van der Waals surface area contributed by atoms with Crippen LogP contribution in [0.3, 0.4) is 0 Å². The average Bonchev–Trinajstić information content (AvgIpc) is 2.36. The third-order valence-electron chi connectivity index (χ3n) is 3.59. The smallest absolute Gasteiger partial charge is 0.303 e. The zero-order valence-electron chi connectivity index (χ0n) is 11.5. The molecule has 0 saturated carbocycles. The molecule has 1 aliphatic rings. The van der Waals surface area contributed by atoms with Crippen LogP contribution in [0.4, 0.5) is 0 Å². The predicted molar refractivity (Wildman–Crippen MR) is 69.4 cm³/mol. The molecule has 1 rings (SSSR count). The van der Waals surface area contributed by atoms with E-state index in [1.54, 1.807) is 0 Å². The van der Waals surface area contributed by atoms with E-state index in [1.165, 1.54) is 0 Å². The standard InChI is InChI=1S/C13H24N2O3/c1-4-9-15-10(5-6-11(16)17)12(18)14-8-7-13(15,2)3/h10H,4-9H2,1-3H3,(H,14,18)(H,16,17). The number of rotatable bonds is 5. The van der Waals surface area contributed by atoms with E-state index in [1.807, 2.05) is 0 Å². The number of hydrogen-bond donors (Lipinski definition) is 2. The number of carbonyl (C=O) groups excluding carboxylic acids is 1. The highest BCUT2D eigenvalue weighted by atomic mass is 16.4. The second-order valence-electron chi connectivity index (χ2n) is 5.50. The van der Waals surface area contributed by atoms with Gasteiger partial charge in [0, 0.05) is 18.5 Å².